The molecule has 0 spiro atoms. The molecule has 0 saturated heterocycles. The highest BCUT2D eigenvalue weighted by Gasteiger charge is 2.21. The van der Waals surface area contributed by atoms with E-state index in [-0.39, 0.29) is 5.54 Å². The second-order valence-corrected chi connectivity index (χ2v) is 3.27. The lowest BCUT2D eigenvalue weighted by atomic mass is 10.1. The molecule has 2 aliphatic rings. The van der Waals surface area contributed by atoms with Gasteiger partial charge in [0.25, 0.3) is 0 Å². The highest BCUT2D eigenvalue weighted by molar-refractivity contribution is 6.20. The smallest absolute Gasteiger partial charge is 0.239 e. The van der Waals surface area contributed by atoms with Crippen LogP contribution in [-0.2, 0) is 0 Å². The van der Waals surface area contributed by atoms with Crippen LogP contribution in [0.4, 0.5) is 0 Å². The van der Waals surface area contributed by atoms with E-state index in [0.29, 0.717) is 5.96 Å². The van der Waals surface area contributed by atoms with Crippen molar-refractivity contribution in [3.05, 3.63) is 12.3 Å². The molecule has 0 bridgehead atoms. The van der Waals surface area contributed by atoms with Gasteiger partial charge in [-0.05, 0) is 19.9 Å². The number of fused-ring (bicyclic) bond motifs is 1. The topological polar surface area (TPSA) is 40.3 Å². The van der Waals surface area contributed by atoms with Gasteiger partial charge in [-0.15, -0.1) is 0 Å². The summed E-state index contributed by atoms with van der Waals surface area (Å²) in [6, 6.07) is 0. The van der Waals surface area contributed by atoms with Crippen LogP contribution in [0.2, 0.25) is 0 Å². The van der Waals surface area contributed by atoms with Crippen molar-refractivity contribution in [2.24, 2.45) is 15.1 Å². The molecule has 2 rings (SSSR count). The zero-order valence-corrected chi connectivity index (χ0v) is 7.10. The lowest BCUT2D eigenvalue weighted by Crippen LogP contribution is -2.31. The molecular weight excluding hydrogens is 152 g/mol. The fourth-order valence-corrected chi connectivity index (χ4v) is 1.05. The summed E-state index contributed by atoms with van der Waals surface area (Å²) < 4.78 is 0. The summed E-state index contributed by atoms with van der Waals surface area (Å²) in [4.78, 5) is 8.48. The molecular formula is C8H10N4. The molecule has 0 aromatic carbocycles. The zero-order chi connectivity index (χ0) is 8.60. The molecule has 12 heavy (non-hydrogen) atoms. The Bertz CT molecular complexity index is 309. The summed E-state index contributed by atoms with van der Waals surface area (Å²) in [5, 5.41) is 5.72. The highest BCUT2D eigenvalue weighted by atomic mass is 15.5. The van der Waals surface area contributed by atoms with Crippen molar-refractivity contribution in [3.8, 4) is 0 Å². The second kappa shape index (κ2) is 2.27. The van der Waals surface area contributed by atoms with Crippen molar-refractivity contribution in [3.63, 3.8) is 0 Å². The maximum atomic E-state index is 4.38. The number of hydrogen-bond acceptors (Lipinski definition) is 4. The van der Waals surface area contributed by atoms with Gasteiger partial charge in [0.1, 0.15) is 0 Å². The largest absolute Gasteiger partial charge is 0.246 e. The van der Waals surface area contributed by atoms with E-state index >= 15 is 0 Å². The van der Waals surface area contributed by atoms with E-state index < -0.39 is 0 Å². The molecule has 0 aromatic heterocycles. The Labute approximate surface area is 71.0 Å². The average Bonchev–Trinajstić information content (AvgIpc) is 2.02. The van der Waals surface area contributed by atoms with E-state index in [1.165, 1.54) is 0 Å². The molecule has 2 heterocycles. The van der Waals surface area contributed by atoms with Gasteiger partial charge in [-0.2, -0.15) is 5.10 Å². The molecule has 0 saturated carbocycles. The number of rotatable bonds is 0. The van der Waals surface area contributed by atoms with Gasteiger partial charge < -0.3 is 0 Å². The van der Waals surface area contributed by atoms with Gasteiger partial charge in [0, 0.05) is 6.20 Å². The van der Waals surface area contributed by atoms with Crippen LogP contribution in [0.5, 0.6) is 0 Å². The van der Waals surface area contributed by atoms with Crippen molar-refractivity contribution in [1.29, 1.82) is 0 Å². The Hall–Kier alpha value is -1.45. The van der Waals surface area contributed by atoms with E-state index in [4.69, 9.17) is 0 Å². The maximum absolute atomic E-state index is 4.38. The first-order valence-corrected chi connectivity index (χ1v) is 3.82. The summed E-state index contributed by atoms with van der Waals surface area (Å²) in [6.45, 7) is 4.06. The van der Waals surface area contributed by atoms with E-state index in [2.05, 4.69) is 15.1 Å². The Morgan fingerprint density at radius 1 is 1.33 bits per heavy atom. The summed E-state index contributed by atoms with van der Waals surface area (Å²) in [7, 11) is 0. The number of nitrogens with zero attached hydrogens (tertiary/aromatic N) is 4. The van der Waals surface area contributed by atoms with Gasteiger partial charge in [0.2, 0.25) is 5.96 Å². The van der Waals surface area contributed by atoms with Crippen LogP contribution >= 0.6 is 0 Å². The summed E-state index contributed by atoms with van der Waals surface area (Å²) >= 11 is 0. The number of hydrazone groups is 1. The van der Waals surface area contributed by atoms with E-state index in [0.717, 1.165) is 0 Å². The van der Waals surface area contributed by atoms with Gasteiger partial charge in [-0.25, -0.2) is 15.0 Å². The van der Waals surface area contributed by atoms with Crippen LogP contribution in [0.3, 0.4) is 0 Å². The minimum atomic E-state index is -0.157. The molecule has 4 nitrogen and oxygen atoms in total. The van der Waals surface area contributed by atoms with E-state index in [1.807, 2.05) is 26.1 Å². The third-order valence-electron chi connectivity index (χ3n) is 1.66. The Kier molecular flexibility index (Phi) is 1.36. The van der Waals surface area contributed by atoms with E-state index in [9.17, 15) is 0 Å². The van der Waals surface area contributed by atoms with Gasteiger partial charge in [0.05, 0.1) is 18.0 Å². The van der Waals surface area contributed by atoms with E-state index in [1.54, 1.807) is 17.4 Å². The van der Waals surface area contributed by atoms with Crippen molar-refractivity contribution >= 4 is 18.4 Å². The predicted octanol–water partition coefficient (Wildman–Crippen LogP) is 1.02. The molecule has 0 amide bonds. The molecule has 62 valence electrons. The highest BCUT2D eigenvalue weighted by Crippen LogP contribution is 2.18. The van der Waals surface area contributed by atoms with Crippen molar-refractivity contribution < 1.29 is 0 Å². The number of aliphatic imine (C=N–C) groups is 2. The normalized spacial score (nSPS) is 23.8. The molecule has 0 aromatic rings. The molecule has 0 atom stereocenters. The van der Waals surface area contributed by atoms with Crippen LogP contribution in [0.15, 0.2) is 27.4 Å². The fraction of sp³-hybridized carbons (Fsp3) is 0.375. The zero-order valence-electron chi connectivity index (χ0n) is 7.10. The quantitative estimate of drug-likeness (QED) is 0.524. The van der Waals surface area contributed by atoms with Crippen molar-refractivity contribution in [1.82, 2.24) is 5.01 Å². The molecule has 0 radical (unpaired) electrons. The molecule has 0 fully saturated rings. The minimum absolute atomic E-state index is 0.157. The van der Waals surface area contributed by atoms with Gasteiger partial charge in [-0.1, -0.05) is 0 Å². The summed E-state index contributed by atoms with van der Waals surface area (Å²) in [5.74, 6) is 0.657. The van der Waals surface area contributed by atoms with Crippen LogP contribution < -0.4 is 0 Å². The Morgan fingerprint density at radius 2 is 2.17 bits per heavy atom. The van der Waals surface area contributed by atoms with Crippen LogP contribution in [0.1, 0.15) is 13.8 Å². The van der Waals surface area contributed by atoms with Gasteiger partial charge in [0.15, 0.2) is 0 Å². The molecule has 2 aliphatic heterocycles. The van der Waals surface area contributed by atoms with Gasteiger partial charge >= 0.3 is 0 Å². The predicted molar refractivity (Wildman–Crippen MR) is 49.5 cm³/mol. The van der Waals surface area contributed by atoms with Crippen LogP contribution in [0, 0.1) is 0 Å². The van der Waals surface area contributed by atoms with Gasteiger partial charge in [-0.3, -0.25) is 0 Å². The lowest BCUT2D eigenvalue weighted by Gasteiger charge is -2.25. The van der Waals surface area contributed by atoms with Crippen LogP contribution in [-0.4, -0.2) is 28.9 Å². The SMILES string of the molecule is CC1(C)C=CN2N=CC=NC2=N1. The Morgan fingerprint density at radius 3 is 3.00 bits per heavy atom. The summed E-state index contributed by atoms with van der Waals surface area (Å²) in [6.07, 6.45) is 7.16. The monoisotopic (exact) mass is 162 g/mol. The van der Waals surface area contributed by atoms with Crippen LogP contribution in [0.25, 0.3) is 0 Å². The first kappa shape index (κ1) is 7.21. The first-order valence-electron chi connectivity index (χ1n) is 3.82. The number of guanidine groups is 1. The first-order chi connectivity index (χ1) is 5.67. The minimum Gasteiger partial charge on any atom is -0.239 e. The molecule has 0 unspecified atom stereocenters. The third-order valence-corrected chi connectivity index (χ3v) is 1.66. The molecule has 0 N–H and O–H groups in total. The lowest BCUT2D eigenvalue weighted by molar-refractivity contribution is 0.525. The van der Waals surface area contributed by atoms with Crippen molar-refractivity contribution in [2.45, 2.75) is 19.4 Å². The molecule has 0 aliphatic carbocycles. The Balaban J connectivity index is 2.36. The van der Waals surface area contributed by atoms with Crippen molar-refractivity contribution in [2.75, 3.05) is 0 Å². The maximum Gasteiger partial charge on any atom is 0.246 e. The fourth-order valence-electron chi connectivity index (χ4n) is 1.05. The average molecular weight is 162 g/mol. The second-order valence-electron chi connectivity index (χ2n) is 3.27. The number of hydrogen-bond donors (Lipinski definition) is 0. The standard InChI is InChI=1S/C8H10N4/c1-8(2)3-6-12-7(11-8)9-4-5-10-12/h3-6H,1-2H3. The third kappa shape index (κ3) is 1.15. The summed E-state index contributed by atoms with van der Waals surface area (Å²) in [5.41, 5.74) is -0.157. The molecule has 4 heteroatoms.